The van der Waals surface area contributed by atoms with Gasteiger partial charge in [0.25, 0.3) is 0 Å². The summed E-state index contributed by atoms with van der Waals surface area (Å²) in [4.78, 5) is 12.0. The van der Waals surface area contributed by atoms with E-state index in [9.17, 15) is 0 Å². The molecule has 4 nitrogen and oxygen atoms in total. The van der Waals surface area contributed by atoms with Gasteiger partial charge in [0.1, 0.15) is 11.3 Å². The predicted molar refractivity (Wildman–Crippen MR) is 179 cm³/mol. The van der Waals surface area contributed by atoms with Gasteiger partial charge in [-0.25, -0.2) is 4.98 Å². The van der Waals surface area contributed by atoms with Crippen LogP contribution in [0.4, 0.5) is 17.1 Å². The van der Waals surface area contributed by atoms with Crippen molar-refractivity contribution in [3.8, 4) is 44.8 Å². The molecule has 0 N–H and O–H groups in total. The molecule has 0 unspecified atom stereocenters. The summed E-state index contributed by atoms with van der Waals surface area (Å²) >= 11 is 0. The highest BCUT2D eigenvalue weighted by Crippen LogP contribution is 2.53. The second-order valence-corrected chi connectivity index (χ2v) is 11.1. The third-order valence-electron chi connectivity index (χ3n) is 8.47. The first-order valence-electron chi connectivity index (χ1n) is 14.7. The van der Waals surface area contributed by atoms with E-state index >= 15 is 0 Å². The Bertz CT molecular complexity index is 2360. The van der Waals surface area contributed by atoms with Crippen LogP contribution in [0.2, 0.25) is 0 Å². The summed E-state index contributed by atoms with van der Waals surface area (Å²) in [6.07, 6.45) is 3.78. The minimum atomic E-state index is 0.856. The Morgan fingerprint density at radius 2 is 1.36 bits per heavy atom. The Labute approximate surface area is 254 Å². The number of pyridine rings is 2. The smallest absolute Gasteiger partial charge is 0.145 e. The molecule has 3 aromatic heterocycles. The quantitative estimate of drug-likeness (QED) is 0.214. The summed E-state index contributed by atoms with van der Waals surface area (Å²) in [5.74, 6) is 0.856. The molecule has 0 amide bonds. The lowest BCUT2D eigenvalue weighted by molar-refractivity contribution is 0.632. The second kappa shape index (κ2) is 9.79. The number of nitrogens with zero attached hydrogens (tertiary/aromatic N) is 3. The summed E-state index contributed by atoms with van der Waals surface area (Å²) < 4.78 is 6.60. The highest BCUT2D eigenvalue weighted by molar-refractivity contribution is 6.10. The number of fused-ring (bicyclic) bond motifs is 8. The zero-order valence-corrected chi connectivity index (χ0v) is 23.7. The van der Waals surface area contributed by atoms with Crippen LogP contribution in [0.15, 0.2) is 156 Å². The summed E-state index contributed by atoms with van der Waals surface area (Å²) in [6.45, 7) is 0. The number of hydrogen-bond donors (Lipinski definition) is 0. The number of benzene rings is 5. The van der Waals surface area contributed by atoms with E-state index in [-0.39, 0.29) is 0 Å². The molecule has 0 fully saturated rings. The summed E-state index contributed by atoms with van der Waals surface area (Å²) in [5.41, 5.74) is 12.3. The van der Waals surface area contributed by atoms with Crippen molar-refractivity contribution >= 4 is 38.9 Å². The Balaban J connectivity index is 1.34. The van der Waals surface area contributed by atoms with E-state index in [1.54, 1.807) is 0 Å². The maximum absolute atomic E-state index is 6.60. The van der Waals surface area contributed by atoms with Gasteiger partial charge in [-0.1, -0.05) is 91.0 Å². The molecule has 9 rings (SSSR count). The number of anilines is 3. The van der Waals surface area contributed by atoms with Gasteiger partial charge in [-0.2, -0.15) is 0 Å². The molecule has 5 aromatic carbocycles. The second-order valence-electron chi connectivity index (χ2n) is 11.1. The van der Waals surface area contributed by atoms with E-state index in [1.807, 2.05) is 36.7 Å². The van der Waals surface area contributed by atoms with Crippen LogP contribution in [0.3, 0.4) is 0 Å². The monoisotopic (exact) mass is 563 g/mol. The normalized spacial score (nSPS) is 12.0. The van der Waals surface area contributed by atoms with Crippen molar-refractivity contribution in [1.82, 2.24) is 9.97 Å². The van der Waals surface area contributed by atoms with Crippen LogP contribution in [0, 0.1) is 0 Å². The van der Waals surface area contributed by atoms with Crippen molar-refractivity contribution in [3.63, 3.8) is 0 Å². The van der Waals surface area contributed by atoms with Crippen molar-refractivity contribution in [1.29, 1.82) is 0 Å². The average molecular weight is 564 g/mol. The van der Waals surface area contributed by atoms with Crippen LogP contribution >= 0.6 is 0 Å². The number of hydrogen-bond acceptors (Lipinski definition) is 4. The standard InChI is InChI=1S/C40H25N3O/c1-2-10-26(11-3-1)28-22-29(35-19-18-27-12-4-7-15-34(27)42-35)24-30(23-28)43-36-16-8-5-13-31(36)39-33-14-6-9-17-38(33)44-40(39)32-20-21-41-25-37(32)43/h1-25H. The molecule has 0 bridgehead atoms. The van der Waals surface area contributed by atoms with Gasteiger partial charge < -0.3 is 9.32 Å². The molecule has 4 heterocycles. The largest absolute Gasteiger partial charge is 0.455 e. The van der Waals surface area contributed by atoms with Crippen molar-refractivity contribution < 1.29 is 4.42 Å². The van der Waals surface area contributed by atoms with Crippen LogP contribution in [0.1, 0.15) is 0 Å². The van der Waals surface area contributed by atoms with Crippen molar-refractivity contribution in [2.24, 2.45) is 0 Å². The van der Waals surface area contributed by atoms with Crippen LogP contribution in [0.25, 0.3) is 66.7 Å². The van der Waals surface area contributed by atoms with Crippen LogP contribution in [0.5, 0.6) is 0 Å². The fraction of sp³-hybridized carbons (Fsp3) is 0. The van der Waals surface area contributed by atoms with Crippen LogP contribution < -0.4 is 4.90 Å². The van der Waals surface area contributed by atoms with E-state index < -0.39 is 0 Å². The zero-order chi connectivity index (χ0) is 29.0. The number of para-hydroxylation sites is 3. The van der Waals surface area contributed by atoms with Gasteiger partial charge in [-0.3, -0.25) is 4.98 Å². The van der Waals surface area contributed by atoms with Crippen molar-refractivity contribution in [2.75, 3.05) is 4.90 Å². The van der Waals surface area contributed by atoms with E-state index in [1.165, 1.54) is 0 Å². The van der Waals surface area contributed by atoms with E-state index in [4.69, 9.17) is 9.40 Å². The Hall–Kier alpha value is -6.00. The van der Waals surface area contributed by atoms with Gasteiger partial charge in [-0.05, 0) is 59.7 Å². The lowest BCUT2D eigenvalue weighted by Gasteiger charge is -2.28. The molecule has 0 atom stereocenters. The molecule has 0 saturated carbocycles. The molecule has 0 radical (unpaired) electrons. The van der Waals surface area contributed by atoms with Crippen LogP contribution in [-0.4, -0.2) is 9.97 Å². The first kappa shape index (κ1) is 24.6. The van der Waals surface area contributed by atoms with Gasteiger partial charge in [0.2, 0.25) is 0 Å². The molecule has 0 saturated heterocycles. The molecule has 0 aliphatic carbocycles. The Kier molecular flexibility index (Phi) is 5.47. The lowest BCUT2D eigenvalue weighted by atomic mass is 9.98. The highest BCUT2D eigenvalue weighted by atomic mass is 16.3. The molecule has 1 aliphatic heterocycles. The van der Waals surface area contributed by atoms with Crippen molar-refractivity contribution in [2.45, 2.75) is 0 Å². The topological polar surface area (TPSA) is 42.2 Å². The Morgan fingerprint density at radius 1 is 0.568 bits per heavy atom. The molecule has 206 valence electrons. The third kappa shape index (κ3) is 3.85. The van der Waals surface area contributed by atoms with E-state index in [0.717, 1.165) is 83.8 Å². The minimum Gasteiger partial charge on any atom is -0.455 e. The maximum atomic E-state index is 6.60. The highest BCUT2D eigenvalue weighted by Gasteiger charge is 2.30. The molecular weight excluding hydrogens is 538 g/mol. The molecule has 4 heteroatoms. The van der Waals surface area contributed by atoms with Gasteiger partial charge in [0.15, 0.2) is 0 Å². The molecule has 1 aliphatic rings. The van der Waals surface area contributed by atoms with Crippen molar-refractivity contribution in [3.05, 3.63) is 152 Å². The maximum Gasteiger partial charge on any atom is 0.145 e. The number of aromatic nitrogens is 2. The van der Waals surface area contributed by atoms with Gasteiger partial charge in [0.05, 0.1) is 28.8 Å². The SMILES string of the molecule is c1ccc(-c2cc(-c3ccc4ccccc4n3)cc(N3c4cnccc4-c4oc5ccccc5c4-c4ccccc43)c2)cc1. The van der Waals surface area contributed by atoms with Crippen LogP contribution in [-0.2, 0) is 0 Å². The number of furan rings is 1. The molecule has 8 aromatic rings. The zero-order valence-electron chi connectivity index (χ0n) is 23.7. The first-order chi connectivity index (χ1) is 21.8. The predicted octanol–water partition coefficient (Wildman–Crippen LogP) is 10.8. The fourth-order valence-electron chi connectivity index (χ4n) is 6.46. The van der Waals surface area contributed by atoms with E-state index in [0.29, 0.717) is 0 Å². The fourth-order valence-corrected chi connectivity index (χ4v) is 6.46. The summed E-state index contributed by atoms with van der Waals surface area (Å²) in [6, 6.07) is 48.7. The Morgan fingerprint density at radius 3 is 2.32 bits per heavy atom. The summed E-state index contributed by atoms with van der Waals surface area (Å²) in [7, 11) is 0. The van der Waals surface area contributed by atoms with E-state index in [2.05, 4.69) is 125 Å². The van der Waals surface area contributed by atoms with Gasteiger partial charge >= 0.3 is 0 Å². The minimum absolute atomic E-state index is 0.856. The first-order valence-corrected chi connectivity index (χ1v) is 14.7. The average Bonchev–Trinajstić information content (AvgIpc) is 3.43. The van der Waals surface area contributed by atoms with Gasteiger partial charge in [0, 0.05) is 44.9 Å². The lowest BCUT2D eigenvalue weighted by Crippen LogP contribution is -2.11. The summed E-state index contributed by atoms with van der Waals surface area (Å²) in [5, 5.41) is 2.22. The van der Waals surface area contributed by atoms with Gasteiger partial charge in [-0.15, -0.1) is 0 Å². The third-order valence-corrected chi connectivity index (χ3v) is 8.47. The number of rotatable bonds is 3. The molecule has 0 spiro atoms. The molecule has 44 heavy (non-hydrogen) atoms. The molecular formula is C40H25N3O.